The number of sulfonamides is 1. The maximum atomic E-state index is 12.8. The molecule has 1 aromatic carbocycles. The Bertz CT molecular complexity index is 781. The highest BCUT2D eigenvalue weighted by Gasteiger charge is 2.30. The van der Waals surface area contributed by atoms with Crippen LogP contribution in [0.2, 0.25) is 0 Å². The van der Waals surface area contributed by atoms with Gasteiger partial charge in [0.05, 0.1) is 14.1 Å². The van der Waals surface area contributed by atoms with Crippen LogP contribution >= 0.6 is 0 Å². The number of hydrogen-bond donors (Lipinski definition) is 0. The quantitative estimate of drug-likeness (QED) is 0.821. The lowest BCUT2D eigenvalue weighted by Crippen LogP contribution is -2.39. The fourth-order valence-electron chi connectivity index (χ4n) is 3.29. The molecule has 3 rings (SSSR count). The third-order valence-corrected chi connectivity index (χ3v) is 6.72. The first kappa shape index (κ1) is 17.9. The van der Waals surface area contributed by atoms with E-state index in [9.17, 15) is 8.42 Å². The number of rotatable bonds is 5. The second-order valence-electron chi connectivity index (χ2n) is 6.84. The van der Waals surface area contributed by atoms with E-state index >= 15 is 0 Å². The van der Waals surface area contributed by atoms with Crippen molar-refractivity contribution in [1.29, 1.82) is 0 Å². The summed E-state index contributed by atoms with van der Waals surface area (Å²) in [6.45, 7) is 1.19. The number of pyridine rings is 1. The smallest absolute Gasteiger partial charge is 0.267 e. The fourth-order valence-corrected chi connectivity index (χ4v) is 4.73. The van der Waals surface area contributed by atoms with Crippen molar-refractivity contribution < 1.29 is 13.4 Å². The van der Waals surface area contributed by atoms with Crippen LogP contribution in [0.15, 0.2) is 53.6 Å². The van der Waals surface area contributed by atoms with Crippen LogP contribution in [0, 0.1) is 5.92 Å². The standard InChI is InChI=1S/C19H25N3O2S/c1-21(2)19-9-8-18(15-20-19)25(23,24)22-12-10-17(11-13-22)14-16-6-4-3-5-7-16/h3-9,15,17H,10-14H2,1-2H3/p+1. The van der Waals surface area contributed by atoms with Gasteiger partial charge in [-0.15, -0.1) is 0 Å². The number of H-pyrrole nitrogens is 1. The Balaban J connectivity index is 1.63. The molecule has 0 atom stereocenters. The van der Waals surface area contributed by atoms with Gasteiger partial charge in [-0.05, 0) is 36.8 Å². The van der Waals surface area contributed by atoms with Gasteiger partial charge in [0, 0.05) is 19.2 Å². The van der Waals surface area contributed by atoms with E-state index in [1.807, 2.05) is 25.1 Å². The molecule has 2 aromatic rings. The summed E-state index contributed by atoms with van der Waals surface area (Å²) in [6, 6.07) is 13.9. The average Bonchev–Trinajstić information content (AvgIpc) is 2.63. The molecular formula is C19H26N3O2S+. The van der Waals surface area contributed by atoms with Crippen LogP contribution in [0.25, 0.3) is 0 Å². The molecule has 2 heterocycles. The molecule has 25 heavy (non-hydrogen) atoms. The molecule has 0 bridgehead atoms. The molecule has 0 amide bonds. The van der Waals surface area contributed by atoms with Crippen molar-refractivity contribution in [1.82, 2.24) is 4.31 Å². The van der Waals surface area contributed by atoms with Gasteiger partial charge in [-0.1, -0.05) is 30.3 Å². The van der Waals surface area contributed by atoms with Crippen LogP contribution in [0.4, 0.5) is 5.82 Å². The fraction of sp³-hybridized carbons (Fsp3) is 0.421. The Hall–Kier alpha value is -1.92. The zero-order valence-electron chi connectivity index (χ0n) is 14.9. The van der Waals surface area contributed by atoms with Crippen molar-refractivity contribution in [3.8, 4) is 0 Å². The molecular weight excluding hydrogens is 334 g/mol. The van der Waals surface area contributed by atoms with Gasteiger partial charge in [-0.2, -0.15) is 4.31 Å². The van der Waals surface area contributed by atoms with Gasteiger partial charge in [-0.3, -0.25) is 4.90 Å². The SMILES string of the molecule is CN(C)c1ccc(S(=O)(=O)N2CCC(Cc3ccccc3)CC2)c[nH+]1. The Morgan fingerprint density at radius 2 is 1.76 bits per heavy atom. The lowest BCUT2D eigenvalue weighted by Gasteiger charge is -2.31. The van der Waals surface area contributed by atoms with Gasteiger partial charge >= 0.3 is 0 Å². The molecule has 1 aromatic heterocycles. The van der Waals surface area contributed by atoms with E-state index in [2.05, 4.69) is 29.2 Å². The maximum absolute atomic E-state index is 12.8. The molecule has 1 aliphatic heterocycles. The minimum absolute atomic E-state index is 0.333. The Kier molecular flexibility index (Phi) is 5.39. The largest absolute Gasteiger partial charge is 0.273 e. The third kappa shape index (κ3) is 4.19. The number of benzene rings is 1. The minimum Gasteiger partial charge on any atom is -0.267 e. The van der Waals surface area contributed by atoms with Crippen molar-refractivity contribution in [2.24, 2.45) is 5.92 Å². The highest BCUT2D eigenvalue weighted by Crippen LogP contribution is 2.26. The molecule has 0 aliphatic carbocycles. The van der Waals surface area contributed by atoms with Crippen LogP contribution < -0.4 is 9.88 Å². The topological polar surface area (TPSA) is 54.8 Å². The molecule has 0 unspecified atom stereocenters. The summed E-state index contributed by atoms with van der Waals surface area (Å²) in [5.41, 5.74) is 1.33. The van der Waals surface area contributed by atoms with Crippen LogP contribution in [-0.4, -0.2) is 39.9 Å². The zero-order valence-corrected chi connectivity index (χ0v) is 15.7. The summed E-state index contributed by atoms with van der Waals surface area (Å²) in [5, 5.41) is 0. The highest BCUT2D eigenvalue weighted by atomic mass is 32.2. The summed E-state index contributed by atoms with van der Waals surface area (Å²) < 4.78 is 27.3. The maximum Gasteiger partial charge on any atom is 0.273 e. The van der Waals surface area contributed by atoms with Gasteiger partial charge in [0.15, 0.2) is 0 Å². The molecule has 1 fully saturated rings. The molecule has 0 saturated carbocycles. The number of aromatic nitrogens is 1. The van der Waals surface area contributed by atoms with E-state index in [1.54, 1.807) is 22.6 Å². The summed E-state index contributed by atoms with van der Waals surface area (Å²) in [4.78, 5) is 5.28. The van der Waals surface area contributed by atoms with Crippen molar-refractivity contribution in [3.05, 3.63) is 54.2 Å². The minimum atomic E-state index is -3.42. The highest BCUT2D eigenvalue weighted by molar-refractivity contribution is 7.89. The number of aromatic amines is 1. The van der Waals surface area contributed by atoms with Gasteiger partial charge < -0.3 is 0 Å². The predicted molar refractivity (Wildman–Crippen MR) is 99.0 cm³/mol. The number of nitrogens with zero attached hydrogens (tertiary/aromatic N) is 2. The van der Waals surface area contributed by atoms with Gasteiger partial charge in [0.2, 0.25) is 10.0 Å². The molecule has 6 heteroatoms. The van der Waals surface area contributed by atoms with Crippen LogP contribution in [-0.2, 0) is 16.4 Å². The van der Waals surface area contributed by atoms with Crippen molar-refractivity contribution in [3.63, 3.8) is 0 Å². The average molecular weight is 361 g/mol. The summed E-state index contributed by atoms with van der Waals surface area (Å²) in [6.07, 6.45) is 4.43. The number of nitrogens with one attached hydrogen (secondary N) is 1. The van der Waals surface area contributed by atoms with Crippen LogP contribution in [0.3, 0.4) is 0 Å². The third-order valence-electron chi connectivity index (χ3n) is 4.83. The second kappa shape index (κ2) is 7.54. The zero-order chi connectivity index (χ0) is 17.9. The first-order valence-electron chi connectivity index (χ1n) is 8.70. The van der Waals surface area contributed by atoms with Crippen LogP contribution in [0.5, 0.6) is 0 Å². The first-order chi connectivity index (χ1) is 12.0. The van der Waals surface area contributed by atoms with Crippen LogP contribution in [0.1, 0.15) is 18.4 Å². The number of anilines is 1. The molecule has 1 aliphatic rings. The van der Waals surface area contributed by atoms with E-state index in [0.717, 1.165) is 25.1 Å². The summed E-state index contributed by atoms with van der Waals surface area (Å²) in [7, 11) is 0.411. The lowest BCUT2D eigenvalue weighted by atomic mass is 9.91. The molecule has 5 nitrogen and oxygen atoms in total. The van der Waals surface area contributed by atoms with Crippen molar-refractivity contribution in [2.45, 2.75) is 24.2 Å². The van der Waals surface area contributed by atoms with E-state index < -0.39 is 10.0 Å². The Morgan fingerprint density at radius 3 is 2.32 bits per heavy atom. The molecule has 1 saturated heterocycles. The van der Waals surface area contributed by atoms with Gasteiger partial charge in [0.1, 0.15) is 11.1 Å². The van der Waals surface area contributed by atoms with Gasteiger partial charge in [0.25, 0.3) is 5.82 Å². The predicted octanol–water partition coefficient (Wildman–Crippen LogP) is 2.21. The monoisotopic (exact) mass is 360 g/mol. The molecule has 0 radical (unpaired) electrons. The summed E-state index contributed by atoms with van der Waals surface area (Å²) in [5.74, 6) is 1.43. The number of hydrogen-bond acceptors (Lipinski definition) is 3. The van der Waals surface area contributed by atoms with Crippen molar-refractivity contribution in [2.75, 3.05) is 32.1 Å². The second-order valence-corrected chi connectivity index (χ2v) is 8.78. The molecule has 0 spiro atoms. The Labute approximate surface area is 150 Å². The van der Waals surface area contributed by atoms with E-state index in [4.69, 9.17) is 0 Å². The van der Waals surface area contributed by atoms with Gasteiger partial charge in [-0.25, -0.2) is 13.4 Å². The lowest BCUT2D eigenvalue weighted by molar-refractivity contribution is -0.366. The van der Waals surface area contributed by atoms with E-state index in [1.165, 1.54) is 5.56 Å². The first-order valence-corrected chi connectivity index (χ1v) is 10.1. The number of piperidine rings is 1. The summed E-state index contributed by atoms with van der Waals surface area (Å²) >= 11 is 0. The Morgan fingerprint density at radius 1 is 1.08 bits per heavy atom. The van der Waals surface area contributed by atoms with E-state index in [0.29, 0.717) is 23.9 Å². The normalized spacial score (nSPS) is 16.7. The molecule has 134 valence electrons. The van der Waals surface area contributed by atoms with E-state index in [-0.39, 0.29) is 0 Å². The van der Waals surface area contributed by atoms with Crippen molar-refractivity contribution >= 4 is 15.8 Å². The molecule has 1 N–H and O–H groups in total.